The van der Waals surface area contributed by atoms with Crippen LogP contribution in [0.25, 0.3) is 6.08 Å². The van der Waals surface area contributed by atoms with Crippen LogP contribution in [0.5, 0.6) is 11.5 Å². The van der Waals surface area contributed by atoms with Crippen molar-refractivity contribution >= 4 is 33.6 Å². The molecular formula is C27H23BrO4. The maximum Gasteiger partial charge on any atom is 0.231 e. The van der Waals surface area contributed by atoms with Crippen molar-refractivity contribution in [1.29, 1.82) is 0 Å². The highest BCUT2D eigenvalue weighted by molar-refractivity contribution is 9.10. The van der Waals surface area contributed by atoms with Gasteiger partial charge >= 0.3 is 0 Å². The van der Waals surface area contributed by atoms with Crippen molar-refractivity contribution < 1.29 is 19.1 Å². The highest BCUT2D eigenvalue weighted by Crippen LogP contribution is 2.35. The van der Waals surface area contributed by atoms with E-state index in [1.807, 2.05) is 24.3 Å². The second kappa shape index (κ2) is 8.75. The van der Waals surface area contributed by atoms with Gasteiger partial charge in [-0.25, -0.2) is 0 Å². The van der Waals surface area contributed by atoms with Gasteiger partial charge in [0.25, 0.3) is 0 Å². The van der Waals surface area contributed by atoms with Crippen LogP contribution in [0, 0.1) is 0 Å². The van der Waals surface area contributed by atoms with Crippen LogP contribution in [0.2, 0.25) is 0 Å². The minimum Gasteiger partial charge on any atom is -0.485 e. The molecule has 1 heterocycles. The van der Waals surface area contributed by atoms with Gasteiger partial charge in [-0.2, -0.15) is 0 Å². The summed E-state index contributed by atoms with van der Waals surface area (Å²) in [6.07, 6.45) is 1.74. The topological polar surface area (TPSA) is 52.6 Å². The summed E-state index contributed by atoms with van der Waals surface area (Å²) < 4.78 is 12.4. The molecule has 5 heteroatoms. The molecule has 3 aromatic carbocycles. The Morgan fingerprint density at radius 2 is 1.69 bits per heavy atom. The fourth-order valence-corrected chi connectivity index (χ4v) is 3.62. The van der Waals surface area contributed by atoms with Gasteiger partial charge in [-0.1, -0.05) is 73.1 Å². The summed E-state index contributed by atoms with van der Waals surface area (Å²) in [6.45, 7) is 6.38. The SMILES string of the molecule is CC(C)(C)c1ccc(/C=C2\Oc3cc(OCC(=O)c4ccc(Br)cc4)ccc3C2=O)cc1. The van der Waals surface area contributed by atoms with Crippen molar-refractivity contribution in [3.05, 3.63) is 99.2 Å². The molecule has 0 atom stereocenters. The molecule has 0 aliphatic carbocycles. The minimum atomic E-state index is -0.169. The van der Waals surface area contributed by atoms with Crippen molar-refractivity contribution in [3.8, 4) is 11.5 Å². The molecule has 32 heavy (non-hydrogen) atoms. The van der Waals surface area contributed by atoms with Crippen LogP contribution in [0.4, 0.5) is 0 Å². The second-order valence-corrected chi connectivity index (χ2v) is 9.60. The smallest absolute Gasteiger partial charge is 0.231 e. The molecule has 0 bridgehead atoms. The first kappa shape index (κ1) is 22.0. The van der Waals surface area contributed by atoms with Gasteiger partial charge in [0.05, 0.1) is 5.56 Å². The van der Waals surface area contributed by atoms with E-state index in [4.69, 9.17) is 9.47 Å². The number of hydrogen-bond donors (Lipinski definition) is 0. The summed E-state index contributed by atoms with van der Waals surface area (Å²) >= 11 is 3.35. The minimum absolute atomic E-state index is 0.0662. The number of halogens is 1. The third-order valence-electron chi connectivity index (χ3n) is 5.25. The van der Waals surface area contributed by atoms with Crippen LogP contribution in [-0.2, 0) is 5.41 Å². The number of Topliss-reactive ketones (excluding diaryl/α,β-unsaturated/α-hetero) is 2. The number of ketones is 2. The van der Waals surface area contributed by atoms with Gasteiger partial charge in [0.1, 0.15) is 11.5 Å². The maximum absolute atomic E-state index is 12.7. The highest BCUT2D eigenvalue weighted by Gasteiger charge is 2.28. The van der Waals surface area contributed by atoms with E-state index in [1.165, 1.54) is 5.56 Å². The van der Waals surface area contributed by atoms with Gasteiger partial charge in [0.15, 0.2) is 18.1 Å². The third-order valence-corrected chi connectivity index (χ3v) is 5.78. The van der Waals surface area contributed by atoms with E-state index in [9.17, 15) is 9.59 Å². The van der Waals surface area contributed by atoms with E-state index >= 15 is 0 Å². The average molecular weight is 491 g/mol. The molecule has 0 amide bonds. The largest absolute Gasteiger partial charge is 0.485 e. The fourth-order valence-electron chi connectivity index (χ4n) is 3.36. The molecule has 162 valence electrons. The summed E-state index contributed by atoms with van der Waals surface area (Å²) in [5, 5.41) is 0. The Bertz CT molecular complexity index is 1200. The first-order valence-electron chi connectivity index (χ1n) is 10.3. The lowest BCUT2D eigenvalue weighted by atomic mass is 9.86. The Balaban J connectivity index is 1.45. The van der Waals surface area contributed by atoms with Crippen molar-refractivity contribution in [3.63, 3.8) is 0 Å². The Labute approximate surface area is 196 Å². The number of allylic oxidation sites excluding steroid dienone is 1. The zero-order valence-electron chi connectivity index (χ0n) is 18.1. The van der Waals surface area contributed by atoms with E-state index < -0.39 is 0 Å². The third kappa shape index (κ3) is 4.83. The van der Waals surface area contributed by atoms with Gasteiger partial charge in [0.2, 0.25) is 5.78 Å². The predicted molar refractivity (Wildman–Crippen MR) is 128 cm³/mol. The van der Waals surface area contributed by atoms with Crippen LogP contribution in [-0.4, -0.2) is 18.2 Å². The molecular weight excluding hydrogens is 468 g/mol. The summed E-state index contributed by atoms with van der Waals surface area (Å²) in [6, 6.07) is 20.2. The zero-order chi connectivity index (χ0) is 22.9. The van der Waals surface area contributed by atoms with Crippen LogP contribution in [0.3, 0.4) is 0 Å². The molecule has 4 nitrogen and oxygen atoms in total. The molecule has 0 N–H and O–H groups in total. The fraction of sp³-hybridized carbons (Fsp3) is 0.185. The number of benzene rings is 3. The van der Waals surface area contributed by atoms with Gasteiger partial charge in [0, 0.05) is 16.1 Å². The molecule has 1 aliphatic rings. The Morgan fingerprint density at radius 1 is 1.00 bits per heavy atom. The van der Waals surface area contributed by atoms with E-state index in [0.717, 1.165) is 10.0 Å². The Morgan fingerprint density at radius 3 is 2.34 bits per heavy atom. The lowest BCUT2D eigenvalue weighted by molar-refractivity contribution is 0.0921. The van der Waals surface area contributed by atoms with E-state index in [-0.39, 0.29) is 29.3 Å². The molecule has 0 saturated carbocycles. The average Bonchev–Trinajstić information content (AvgIpc) is 3.07. The van der Waals surface area contributed by atoms with Gasteiger partial charge < -0.3 is 9.47 Å². The molecule has 0 aromatic heterocycles. The maximum atomic E-state index is 12.7. The monoisotopic (exact) mass is 490 g/mol. The quantitative estimate of drug-likeness (QED) is 0.297. The van der Waals surface area contributed by atoms with Crippen LogP contribution in [0.1, 0.15) is 52.6 Å². The van der Waals surface area contributed by atoms with Gasteiger partial charge in [-0.15, -0.1) is 0 Å². The summed E-state index contributed by atoms with van der Waals surface area (Å²) in [5.41, 5.74) is 3.24. The number of carbonyl (C=O) groups excluding carboxylic acids is 2. The Hall–Kier alpha value is -3.18. The van der Waals surface area contributed by atoms with Gasteiger partial charge in [-0.05, 0) is 46.9 Å². The molecule has 1 aliphatic heterocycles. The van der Waals surface area contributed by atoms with Crippen molar-refractivity contribution in [2.45, 2.75) is 26.2 Å². The van der Waals surface area contributed by atoms with E-state index in [0.29, 0.717) is 22.6 Å². The highest BCUT2D eigenvalue weighted by atomic mass is 79.9. The van der Waals surface area contributed by atoms with Crippen LogP contribution in [0.15, 0.2) is 77.0 Å². The number of hydrogen-bond acceptors (Lipinski definition) is 4. The summed E-state index contributed by atoms with van der Waals surface area (Å²) in [7, 11) is 0. The number of carbonyl (C=O) groups is 2. The lowest BCUT2D eigenvalue weighted by Crippen LogP contribution is -2.11. The van der Waals surface area contributed by atoms with E-state index in [1.54, 1.807) is 36.4 Å². The molecule has 0 radical (unpaired) electrons. The zero-order valence-corrected chi connectivity index (χ0v) is 19.7. The van der Waals surface area contributed by atoms with Gasteiger partial charge in [-0.3, -0.25) is 9.59 Å². The first-order valence-corrected chi connectivity index (χ1v) is 11.1. The molecule has 0 saturated heterocycles. The van der Waals surface area contributed by atoms with Crippen molar-refractivity contribution in [2.75, 3.05) is 6.61 Å². The molecule has 4 rings (SSSR count). The molecule has 0 spiro atoms. The van der Waals surface area contributed by atoms with Crippen LogP contribution < -0.4 is 9.47 Å². The lowest BCUT2D eigenvalue weighted by Gasteiger charge is -2.18. The molecule has 3 aromatic rings. The number of ether oxygens (including phenoxy) is 2. The normalized spacial score (nSPS) is 14.2. The van der Waals surface area contributed by atoms with Crippen molar-refractivity contribution in [1.82, 2.24) is 0 Å². The predicted octanol–water partition coefficient (Wildman–Crippen LogP) is 6.62. The van der Waals surface area contributed by atoms with Crippen molar-refractivity contribution in [2.24, 2.45) is 0 Å². The second-order valence-electron chi connectivity index (χ2n) is 8.69. The Kier molecular flexibility index (Phi) is 6.02. The number of rotatable bonds is 5. The number of fused-ring (bicyclic) bond motifs is 1. The molecule has 0 unspecified atom stereocenters. The first-order chi connectivity index (χ1) is 15.2. The standard InChI is InChI=1S/C27H23BrO4/c1-27(2,3)19-8-4-17(5-9-19)14-25-26(30)22-13-12-21(15-24(22)32-25)31-16-23(29)18-6-10-20(28)11-7-18/h4-15H,16H2,1-3H3/b25-14-. The molecule has 0 fully saturated rings. The summed E-state index contributed by atoms with van der Waals surface area (Å²) in [4.78, 5) is 25.0. The van der Waals surface area contributed by atoms with E-state index in [2.05, 4.69) is 48.8 Å². The summed E-state index contributed by atoms with van der Waals surface area (Å²) in [5.74, 6) is 0.872. The van der Waals surface area contributed by atoms with Crippen LogP contribution >= 0.6 is 15.9 Å².